The van der Waals surface area contributed by atoms with Crippen molar-refractivity contribution in [1.29, 1.82) is 5.26 Å². The Balaban J connectivity index is 0.00000496. The number of piperidine rings is 2. The molecule has 1 aliphatic carbocycles. The molecule has 13 nitrogen and oxygen atoms in total. The zero-order valence-electron chi connectivity index (χ0n) is 31.9. The number of carbonyl (C=O) groups is 3. The highest BCUT2D eigenvalue weighted by molar-refractivity contribution is 6.31. The number of ether oxygens (including phenoxy) is 1. The first-order chi connectivity index (χ1) is 27.3. The van der Waals surface area contributed by atoms with Crippen molar-refractivity contribution in [2.24, 2.45) is 11.8 Å². The maximum absolute atomic E-state index is 13.0. The standard InChI is InChI=1S/C42H48ClN9O4.ClH/c43-35-24-33(7-4-30(35)25-44)56-32-8-5-31(6-9-32)45-41(54)36-10-11-39(48-47-36)50-20-14-28(15-21-50)26-49-18-12-29(13-19-49)27-51-22-16-34-37(51)2-1-3-38(34)52-23-17-40(53)46-42(52)55;/h1-4,7,10-11,16,22,24,28-29,31-32H,5-6,8-9,12-15,17-21,23,26-27H2,(H,45,54)(H,46,53,55);1H/t31-,32-;. The number of amides is 4. The van der Waals surface area contributed by atoms with E-state index in [1.54, 1.807) is 29.2 Å². The quantitative estimate of drug-likeness (QED) is 0.181. The number of carbonyl (C=O) groups excluding carboxylic acids is 3. The number of fused-ring (bicyclic) bond motifs is 1. The topological polar surface area (TPSA) is 149 Å². The third-order valence-electron chi connectivity index (χ3n) is 12.0. The Kier molecular flexibility index (Phi) is 12.8. The SMILES string of the molecule is Cl.N#Cc1ccc(O[C@H]2CC[C@H](NC(=O)c3ccc(N4CCC(CN5CCC(Cn6ccc7c(N8CCC(=O)NC8=O)cccc76)CC5)CC4)nn3)CC2)cc1Cl. The van der Waals surface area contributed by atoms with Crippen molar-refractivity contribution in [3.8, 4) is 11.8 Å². The molecule has 0 unspecified atom stereocenters. The predicted molar refractivity (Wildman–Crippen MR) is 221 cm³/mol. The summed E-state index contributed by atoms with van der Waals surface area (Å²) in [7, 11) is 0. The Labute approximate surface area is 344 Å². The van der Waals surface area contributed by atoms with Crippen LogP contribution in [0.3, 0.4) is 0 Å². The van der Waals surface area contributed by atoms with Crippen LogP contribution in [0.25, 0.3) is 10.9 Å². The molecule has 5 heterocycles. The maximum Gasteiger partial charge on any atom is 0.328 e. The third-order valence-corrected chi connectivity index (χ3v) is 12.3. The van der Waals surface area contributed by atoms with Gasteiger partial charge in [0.1, 0.15) is 11.8 Å². The van der Waals surface area contributed by atoms with Gasteiger partial charge in [-0.05, 0) is 119 Å². The molecule has 0 radical (unpaired) electrons. The molecule has 2 aromatic carbocycles. The first kappa shape index (κ1) is 40.3. The average molecular weight is 815 g/mol. The van der Waals surface area contributed by atoms with Crippen molar-refractivity contribution in [2.75, 3.05) is 49.1 Å². The van der Waals surface area contributed by atoms with Gasteiger partial charge in [0.2, 0.25) is 5.91 Å². The number of imide groups is 1. The Hall–Kier alpha value is -4.90. The van der Waals surface area contributed by atoms with Gasteiger partial charge in [0, 0.05) is 62.8 Å². The number of nitrogens with zero attached hydrogens (tertiary/aromatic N) is 7. The second kappa shape index (κ2) is 18.1. The molecular weight excluding hydrogens is 765 g/mol. The summed E-state index contributed by atoms with van der Waals surface area (Å²) in [5.41, 5.74) is 2.73. The van der Waals surface area contributed by atoms with Gasteiger partial charge < -0.3 is 24.4 Å². The molecule has 4 fully saturated rings. The van der Waals surface area contributed by atoms with Crippen molar-refractivity contribution in [2.45, 2.75) is 76.5 Å². The van der Waals surface area contributed by atoms with Crippen molar-refractivity contribution in [3.63, 3.8) is 0 Å². The van der Waals surface area contributed by atoms with Crippen LogP contribution in [-0.2, 0) is 11.3 Å². The van der Waals surface area contributed by atoms with Gasteiger partial charge in [0.25, 0.3) is 5.91 Å². The van der Waals surface area contributed by atoms with E-state index in [-0.39, 0.29) is 42.4 Å². The minimum atomic E-state index is -0.351. The van der Waals surface area contributed by atoms with Gasteiger partial charge in [-0.2, -0.15) is 5.26 Å². The van der Waals surface area contributed by atoms with Crippen LogP contribution >= 0.6 is 24.0 Å². The number of aromatic nitrogens is 3. The van der Waals surface area contributed by atoms with Gasteiger partial charge in [-0.1, -0.05) is 17.7 Å². The van der Waals surface area contributed by atoms with Crippen molar-refractivity contribution in [3.05, 3.63) is 77.1 Å². The number of nitriles is 1. The summed E-state index contributed by atoms with van der Waals surface area (Å²) in [6.07, 6.45) is 10.3. The lowest BCUT2D eigenvalue weighted by Gasteiger charge is -2.38. The van der Waals surface area contributed by atoms with Gasteiger partial charge in [-0.15, -0.1) is 22.6 Å². The number of likely N-dealkylation sites (tertiary alicyclic amines) is 1. The van der Waals surface area contributed by atoms with Crippen LogP contribution in [0, 0.1) is 23.2 Å². The average Bonchev–Trinajstić information content (AvgIpc) is 3.63. The third kappa shape index (κ3) is 9.46. The fourth-order valence-electron chi connectivity index (χ4n) is 8.79. The Morgan fingerprint density at radius 3 is 2.35 bits per heavy atom. The highest BCUT2D eigenvalue weighted by Gasteiger charge is 2.29. The first-order valence-electron chi connectivity index (χ1n) is 20.0. The second-order valence-electron chi connectivity index (χ2n) is 15.7. The summed E-state index contributed by atoms with van der Waals surface area (Å²) in [5, 5.41) is 24.8. The molecule has 300 valence electrons. The number of hydrogen-bond acceptors (Lipinski definition) is 9. The molecular formula is C42H49Cl2N9O4. The van der Waals surface area contributed by atoms with Crippen molar-refractivity contribution < 1.29 is 19.1 Å². The Morgan fingerprint density at radius 2 is 1.65 bits per heavy atom. The van der Waals surface area contributed by atoms with E-state index in [2.05, 4.69) is 59.6 Å². The van der Waals surface area contributed by atoms with E-state index in [0.29, 0.717) is 46.8 Å². The number of hydrogen-bond donors (Lipinski definition) is 2. The molecule has 3 aliphatic heterocycles. The molecule has 0 spiro atoms. The largest absolute Gasteiger partial charge is 0.490 e. The van der Waals surface area contributed by atoms with Crippen LogP contribution in [0.1, 0.15) is 73.8 Å². The molecule has 0 atom stereocenters. The smallest absolute Gasteiger partial charge is 0.328 e. The second-order valence-corrected chi connectivity index (χ2v) is 16.1. The van der Waals surface area contributed by atoms with Gasteiger partial charge in [-0.25, -0.2) is 4.79 Å². The number of urea groups is 1. The minimum absolute atomic E-state index is 0. The number of rotatable bonds is 10. The summed E-state index contributed by atoms with van der Waals surface area (Å²) in [6, 6.07) is 18.8. The molecule has 2 aromatic heterocycles. The summed E-state index contributed by atoms with van der Waals surface area (Å²) < 4.78 is 8.41. The molecule has 0 bridgehead atoms. The lowest BCUT2D eigenvalue weighted by Crippen LogP contribution is -2.49. The van der Waals surface area contributed by atoms with Crippen LogP contribution in [0.4, 0.5) is 16.3 Å². The molecule has 4 aromatic rings. The lowest BCUT2D eigenvalue weighted by molar-refractivity contribution is -0.120. The van der Waals surface area contributed by atoms with Crippen molar-refractivity contribution >= 4 is 64.3 Å². The van der Waals surface area contributed by atoms with Crippen LogP contribution in [-0.4, -0.2) is 88.9 Å². The van der Waals surface area contributed by atoms with E-state index < -0.39 is 0 Å². The zero-order valence-corrected chi connectivity index (χ0v) is 33.5. The number of benzene rings is 2. The zero-order chi connectivity index (χ0) is 38.6. The van der Waals surface area contributed by atoms with Gasteiger partial charge in [0.15, 0.2) is 11.5 Å². The van der Waals surface area contributed by atoms with E-state index in [0.717, 1.165) is 113 Å². The van der Waals surface area contributed by atoms with E-state index >= 15 is 0 Å². The summed E-state index contributed by atoms with van der Waals surface area (Å²) in [6.45, 7) is 6.55. The van der Waals surface area contributed by atoms with Crippen LogP contribution in [0.5, 0.6) is 5.75 Å². The fourth-order valence-corrected chi connectivity index (χ4v) is 9.00. The summed E-state index contributed by atoms with van der Waals surface area (Å²) in [5.74, 6) is 2.30. The molecule has 4 amide bonds. The molecule has 57 heavy (non-hydrogen) atoms. The number of nitrogens with one attached hydrogen (secondary N) is 2. The first-order valence-corrected chi connectivity index (χ1v) is 20.3. The lowest BCUT2D eigenvalue weighted by atomic mass is 9.92. The van der Waals surface area contributed by atoms with Crippen molar-refractivity contribution in [1.82, 2.24) is 30.3 Å². The van der Waals surface area contributed by atoms with Gasteiger partial charge >= 0.3 is 6.03 Å². The van der Waals surface area contributed by atoms with Crippen LogP contribution in [0.2, 0.25) is 5.02 Å². The molecule has 2 N–H and O–H groups in total. The Bertz CT molecular complexity index is 2100. The minimum Gasteiger partial charge on any atom is -0.490 e. The number of halogens is 2. The van der Waals surface area contributed by atoms with E-state index in [9.17, 15) is 14.4 Å². The highest BCUT2D eigenvalue weighted by atomic mass is 35.5. The van der Waals surface area contributed by atoms with Crippen LogP contribution < -0.4 is 25.2 Å². The predicted octanol–water partition coefficient (Wildman–Crippen LogP) is 6.57. The van der Waals surface area contributed by atoms with Crippen LogP contribution in [0.15, 0.2) is 60.8 Å². The monoisotopic (exact) mass is 813 g/mol. The van der Waals surface area contributed by atoms with Gasteiger partial charge in [-0.3, -0.25) is 19.8 Å². The normalized spacial score (nSPS) is 21.1. The molecule has 3 saturated heterocycles. The Morgan fingerprint density at radius 1 is 0.895 bits per heavy atom. The van der Waals surface area contributed by atoms with E-state index in [4.69, 9.17) is 21.6 Å². The summed E-state index contributed by atoms with van der Waals surface area (Å²) in [4.78, 5) is 43.8. The van der Waals surface area contributed by atoms with Gasteiger partial charge in [0.05, 0.1) is 27.9 Å². The molecule has 1 saturated carbocycles. The molecule has 15 heteroatoms. The fraction of sp³-hybridized carbons (Fsp3) is 0.476. The highest BCUT2D eigenvalue weighted by Crippen LogP contribution is 2.32. The summed E-state index contributed by atoms with van der Waals surface area (Å²) >= 11 is 6.15. The number of anilines is 2. The van der Waals surface area contributed by atoms with E-state index in [1.165, 1.54) is 0 Å². The maximum atomic E-state index is 13.0. The van der Waals surface area contributed by atoms with E-state index in [1.807, 2.05) is 18.2 Å². The molecule has 4 aliphatic rings. The molecule has 8 rings (SSSR count).